The second kappa shape index (κ2) is 3.67. The molecule has 1 N–H and O–H groups in total. The van der Waals surface area contributed by atoms with E-state index in [-0.39, 0.29) is 30.3 Å². The molecule has 1 saturated carbocycles. The molecule has 3 atom stereocenters. The van der Waals surface area contributed by atoms with Crippen molar-refractivity contribution in [3.8, 4) is 0 Å². The van der Waals surface area contributed by atoms with Crippen LogP contribution in [-0.2, 0) is 9.59 Å². The molecule has 1 aliphatic carbocycles. The first-order valence-electron chi connectivity index (χ1n) is 5.76. The first-order chi connectivity index (χ1) is 8.24. The number of likely N-dealkylation sites (tertiary alicyclic amines) is 1. The predicted octanol–water partition coefficient (Wildman–Crippen LogP) is 0.725. The lowest BCUT2D eigenvalue weighted by Crippen LogP contribution is -2.38. The van der Waals surface area contributed by atoms with Crippen LogP contribution in [0.4, 0.5) is 0 Å². The fourth-order valence-electron chi connectivity index (χ4n) is 2.53. The highest BCUT2D eigenvalue weighted by Crippen LogP contribution is 2.49. The highest BCUT2D eigenvalue weighted by Gasteiger charge is 2.60. The number of fused-ring (bicyclic) bond motifs is 1. The average molecular weight is 231 g/mol. The van der Waals surface area contributed by atoms with Gasteiger partial charge in [0.1, 0.15) is 0 Å². The van der Waals surface area contributed by atoms with Gasteiger partial charge in [-0.1, -0.05) is 30.3 Å². The van der Waals surface area contributed by atoms with Gasteiger partial charge in [0, 0.05) is 0 Å². The Hall–Kier alpha value is -1.68. The normalized spacial score (nSPS) is 28.2. The number of hydrogen-bond donors (Lipinski definition) is 1. The summed E-state index contributed by atoms with van der Waals surface area (Å²) in [5.41, 5.74) is 0.804. The van der Waals surface area contributed by atoms with Crippen LogP contribution >= 0.6 is 0 Å². The Morgan fingerprint density at radius 3 is 2.29 bits per heavy atom. The third-order valence-electron chi connectivity index (χ3n) is 3.57. The zero-order valence-corrected chi connectivity index (χ0v) is 9.24. The molecular formula is C13H13NO3. The predicted molar refractivity (Wildman–Crippen MR) is 59.7 cm³/mol. The van der Waals surface area contributed by atoms with Gasteiger partial charge in [0.05, 0.1) is 24.5 Å². The van der Waals surface area contributed by atoms with E-state index in [1.54, 1.807) is 0 Å². The summed E-state index contributed by atoms with van der Waals surface area (Å²) in [4.78, 5) is 25.1. The number of hydrogen-bond acceptors (Lipinski definition) is 3. The fraction of sp³-hybridized carbons (Fsp3) is 0.385. The van der Waals surface area contributed by atoms with Crippen molar-refractivity contribution in [2.24, 2.45) is 11.8 Å². The zero-order chi connectivity index (χ0) is 12.0. The molecule has 0 radical (unpaired) electrons. The highest BCUT2D eigenvalue weighted by atomic mass is 16.3. The summed E-state index contributed by atoms with van der Waals surface area (Å²) in [6.45, 7) is -0.221. The summed E-state index contributed by atoms with van der Waals surface area (Å²) < 4.78 is 0. The summed E-state index contributed by atoms with van der Waals surface area (Å²) in [7, 11) is 0. The van der Waals surface area contributed by atoms with Crippen LogP contribution in [0, 0.1) is 11.8 Å². The first kappa shape index (κ1) is 10.5. The lowest BCUT2D eigenvalue weighted by molar-refractivity contribution is -0.145. The van der Waals surface area contributed by atoms with Gasteiger partial charge in [0.2, 0.25) is 11.8 Å². The zero-order valence-electron chi connectivity index (χ0n) is 9.24. The highest BCUT2D eigenvalue weighted by molar-refractivity contribution is 6.09. The molecule has 2 fully saturated rings. The molecule has 0 aromatic heterocycles. The van der Waals surface area contributed by atoms with Gasteiger partial charge in [-0.05, 0) is 12.0 Å². The van der Waals surface area contributed by atoms with E-state index in [0.717, 1.165) is 5.56 Å². The molecule has 4 heteroatoms. The first-order valence-corrected chi connectivity index (χ1v) is 5.76. The molecular weight excluding hydrogens is 218 g/mol. The Kier molecular flexibility index (Phi) is 2.26. The number of piperidine rings is 1. The maximum absolute atomic E-state index is 11.9. The number of carbonyl (C=O) groups is 2. The van der Waals surface area contributed by atoms with Gasteiger partial charge >= 0.3 is 0 Å². The van der Waals surface area contributed by atoms with E-state index in [0.29, 0.717) is 6.42 Å². The van der Waals surface area contributed by atoms with Crippen molar-refractivity contribution < 1.29 is 14.7 Å². The van der Waals surface area contributed by atoms with Crippen molar-refractivity contribution in [1.82, 2.24) is 4.90 Å². The number of carbonyl (C=O) groups excluding carboxylic acids is 2. The van der Waals surface area contributed by atoms with Crippen LogP contribution in [0.1, 0.15) is 18.0 Å². The van der Waals surface area contributed by atoms with Gasteiger partial charge < -0.3 is 5.11 Å². The second-order valence-corrected chi connectivity index (χ2v) is 4.60. The fourth-order valence-corrected chi connectivity index (χ4v) is 2.53. The van der Waals surface area contributed by atoms with E-state index < -0.39 is 6.04 Å². The number of benzene rings is 1. The quantitative estimate of drug-likeness (QED) is 0.780. The largest absolute Gasteiger partial charge is 0.394 e. The lowest BCUT2D eigenvalue weighted by Gasteiger charge is -2.26. The standard InChI is InChI=1S/C13H13NO3/c15-7-11(8-4-2-1-3-5-8)14-12(16)9-6-10(9)13(14)17/h1-5,9-11,15H,6-7H2. The molecule has 0 spiro atoms. The van der Waals surface area contributed by atoms with Crippen molar-refractivity contribution in [1.29, 1.82) is 0 Å². The van der Waals surface area contributed by atoms with Crippen molar-refractivity contribution in [2.75, 3.05) is 6.61 Å². The molecule has 2 amide bonds. The topological polar surface area (TPSA) is 57.6 Å². The molecule has 17 heavy (non-hydrogen) atoms. The molecule has 4 nitrogen and oxygen atoms in total. The minimum atomic E-state index is -0.524. The van der Waals surface area contributed by atoms with Crippen molar-refractivity contribution in [3.63, 3.8) is 0 Å². The molecule has 1 aromatic carbocycles. The lowest BCUT2D eigenvalue weighted by atomic mass is 10.1. The van der Waals surface area contributed by atoms with Crippen molar-refractivity contribution in [2.45, 2.75) is 12.5 Å². The number of imide groups is 1. The minimum absolute atomic E-state index is 0.111. The molecule has 1 aromatic rings. The maximum Gasteiger partial charge on any atom is 0.233 e. The SMILES string of the molecule is O=C1C2CC2C(=O)N1C(CO)c1ccccc1. The molecule has 0 bridgehead atoms. The van der Waals surface area contributed by atoms with E-state index in [1.165, 1.54) is 4.90 Å². The second-order valence-electron chi connectivity index (χ2n) is 4.60. The van der Waals surface area contributed by atoms with Crippen LogP contribution in [0.2, 0.25) is 0 Å². The van der Waals surface area contributed by atoms with Crippen LogP contribution in [0.15, 0.2) is 30.3 Å². The maximum atomic E-state index is 11.9. The number of amides is 2. The van der Waals surface area contributed by atoms with Gasteiger partial charge in [-0.2, -0.15) is 0 Å². The monoisotopic (exact) mass is 231 g/mol. The molecule has 1 saturated heterocycles. The number of aliphatic hydroxyl groups excluding tert-OH is 1. The Bertz CT molecular complexity index is 451. The van der Waals surface area contributed by atoms with Crippen LogP contribution in [0.25, 0.3) is 0 Å². The van der Waals surface area contributed by atoms with E-state index in [4.69, 9.17) is 0 Å². The van der Waals surface area contributed by atoms with Gasteiger partial charge in [-0.25, -0.2) is 0 Å². The summed E-state index contributed by atoms with van der Waals surface area (Å²) in [6, 6.07) is 8.66. The summed E-state index contributed by atoms with van der Waals surface area (Å²) in [5, 5.41) is 9.43. The molecule has 3 unspecified atom stereocenters. The van der Waals surface area contributed by atoms with E-state index >= 15 is 0 Å². The Morgan fingerprint density at radius 2 is 1.76 bits per heavy atom. The van der Waals surface area contributed by atoms with Crippen molar-refractivity contribution in [3.05, 3.63) is 35.9 Å². The summed E-state index contributed by atoms with van der Waals surface area (Å²) in [6.07, 6.45) is 0.696. The minimum Gasteiger partial charge on any atom is -0.394 e. The van der Waals surface area contributed by atoms with Gasteiger partial charge in [-0.3, -0.25) is 14.5 Å². The van der Waals surface area contributed by atoms with E-state index in [9.17, 15) is 14.7 Å². The van der Waals surface area contributed by atoms with Gasteiger partial charge in [0.15, 0.2) is 0 Å². The average Bonchev–Trinajstić information content (AvgIpc) is 3.11. The summed E-state index contributed by atoms with van der Waals surface area (Å²) in [5.74, 6) is -0.466. The molecule has 1 heterocycles. The molecule has 88 valence electrons. The van der Waals surface area contributed by atoms with E-state index in [1.807, 2.05) is 30.3 Å². The van der Waals surface area contributed by atoms with Crippen LogP contribution in [0.3, 0.4) is 0 Å². The summed E-state index contributed by atoms with van der Waals surface area (Å²) >= 11 is 0. The Labute approximate surface area is 98.9 Å². The third-order valence-corrected chi connectivity index (χ3v) is 3.57. The Balaban J connectivity index is 1.92. The third kappa shape index (κ3) is 1.48. The number of aliphatic hydroxyl groups is 1. The van der Waals surface area contributed by atoms with E-state index in [2.05, 4.69) is 0 Å². The van der Waals surface area contributed by atoms with Gasteiger partial charge in [0.25, 0.3) is 0 Å². The van der Waals surface area contributed by atoms with Crippen LogP contribution in [-0.4, -0.2) is 28.4 Å². The van der Waals surface area contributed by atoms with Crippen LogP contribution in [0.5, 0.6) is 0 Å². The van der Waals surface area contributed by atoms with Crippen LogP contribution < -0.4 is 0 Å². The molecule has 1 aliphatic heterocycles. The number of rotatable bonds is 3. The molecule has 3 rings (SSSR count). The smallest absolute Gasteiger partial charge is 0.233 e. The van der Waals surface area contributed by atoms with Gasteiger partial charge in [-0.15, -0.1) is 0 Å². The van der Waals surface area contributed by atoms with Crippen molar-refractivity contribution >= 4 is 11.8 Å². The molecule has 2 aliphatic rings. The Morgan fingerprint density at radius 1 is 1.18 bits per heavy atom. The number of nitrogens with zero attached hydrogens (tertiary/aromatic N) is 1.